The standard InChI is InChI=1S/C30H23Cl2N3O3/c31-20-9-7-18(8-10-20)29-28-24(16-19(17-26(28)36)27-6-3-15-38-27)34-23-4-1-2-5-25(23)35(29)30(37)33-22-13-11-21(32)12-14-22/h1-15,19,29,34H,16-17H2,(H,33,37). The average molecular weight is 544 g/mol. The lowest BCUT2D eigenvalue weighted by molar-refractivity contribution is -0.116. The quantitative estimate of drug-likeness (QED) is 0.273. The average Bonchev–Trinajstić information content (AvgIpc) is 3.41. The first-order chi connectivity index (χ1) is 18.5. The normalized spacial score (nSPS) is 18.8. The molecule has 4 aromatic rings. The fourth-order valence-electron chi connectivity index (χ4n) is 5.22. The van der Waals surface area contributed by atoms with Crippen molar-refractivity contribution in [2.24, 2.45) is 0 Å². The lowest BCUT2D eigenvalue weighted by atomic mass is 9.80. The number of carbonyl (C=O) groups excluding carboxylic acids is 2. The summed E-state index contributed by atoms with van der Waals surface area (Å²) in [5, 5.41) is 7.63. The molecule has 2 heterocycles. The van der Waals surface area contributed by atoms with Gasteiger partial charge in [-0.1, -0.05) is 47.5 Å². The second-order valence-corrected chi connectivity index (χ2v) is 10.2. The SMILES string of the molecule is O=C1CC(c2ccco2)CC2=C1C(c1ccc(Cl)cc1)N(C(=O)Nc1ccc(Cl)cc1)c1ccccc1N2. The minimum Gasteiger partial charge on any atom is -0.469 e. The topological polar surface area (TPSA) is 74.6 Å². The molecule has 2 atom stereocenters. The van der Waals surface area contributed by atoms with Crippen LogP contribution in [-0.4, -0.2) is 11.8 Å². The minimum atomic E-state index is -0.684. The van der Waals surface area contributed by atoms with E-state index in [1.54, 1.807) is 47.6 Å². The van der Waals surface area contributed by atoms with Gasteiger partial charge in [0.05, 0.1) is 23.7 Å². The van der Waals surface area contributed by atoms with Crippen LogP contribution in [0.4, 0.5) is 21.9 Å². The highest BCUT2D eigenvalue weighted by molar-refractivity contribution is 6.31. The van der Waals surface area contributed by atoms with Crippen molar-refractivity contribution in [1.29, 1.82) is 0 Å². The molecule has 3 aromatic carbocycles. The molecular weight excluding hydrogens is 521 g/mol. The fraction of sp³-hybridized carbons (Fsp3) is 0.133. The molecule has 1 aromatic heterocycles. The number of hydrogen-bond donors (Lipinski definition) is 2. The Morgan fingerprint density at radius 2 is 1.61 bits per heavy atom. The maximum atomic E-state index is 14.0. The van der Waals surface area contributed by atoms with Gasteiger partial charge in [0.25, 0.3) is 0 Å². The number of nitrogens with one attached hydrogen (secondary N) is 2. The van der Waals surface area contributed by atoms with Gasteiger partial charge in [0.15, 0.2) is 5.78 Å². The van der Waals surface area contributed by atoms with Gasteiger partial charge in [-0.15, -0.1) is 0 Å². The minimum absolute atomic E-state index is 0.0443. The lowest BCUT2D eigenvalue weighted by Crippen LogP contribution is -2.41. The van der Waals surface area contributed by atoms with Gasteiger partial charge in [0, 0.05) is 39.3 Å². The number of anilines is 3. The van der Waals surface area contributed by atoms with Gasteiger partial charge >= 0.3 is 6.03 Å². The molecule has 2 amide bonds. The van der Waals surface area contributed by atoms with Gasteiger partial charge in [0.2, 0.25) is 0 Å². The Morgan fingerprint density at radius 1 is 0.895 bits per heavy atom. The molecule has 0 radical (unpaired) electrons. The molecule has 2 N–H and O–H groups in total. The van der Waals surface area contributed by atoms with Crippen LogP contribution in [0.1, 0.15) is 36.1 Å². The summed E-state index contributed by atoms with van der Waals surface area (Å²) in [6, 6.07) is 24.4. The second kappa shape index (κ2) is 10.0. The van der Waals surface area contributed by atoms with Gasteiger partial charge in [-0.05, 0) is 72.6 Å². The monoisotopic (exact) mass is 543 g/mol. The van der Waals surface area contributed by atoms with Gasteiger partial charge in [-0.25, -0.2) is 4.79 Å². The smallest absolute Gasteiger partial charge is 0.327 e. The highest BCUT2D eigenvalue weighted by Gasteiger charge is 2.42. The number of benzene rings is 3. The van der Waals surface area contributed by atoms with Gasteiger partial charge in [0.1, 0.15) is 5.76 Å². The number of fused-ring (bicyclic) bond motifs is 1. The Hall–Kier alpha value is -4.00. The third-order valence-corrected chi connectivity index (χ3v) is 7.44. The van der Waals surface area contributed by atoms with Crippen LogP contribution in [0.25, 0.3) is 0 Å². The van der Waals surface area contributed by atoms with E-state index in [4.69, 9.17) is 27.6 Å². The van der Waals surface area contributed by atoms with Crippen molar-refractivity contribution in [2.45, 2.75) is 24.8 Å². The van der Waals surface area contributed by atoms with E-state index < -0.39 is 6.04 Å². The first kappa shape index (κ1) is 24.3. The molecule has 1 aliphatic heterocycles. The maximum Gasteiger partial charge on any atom is 0.327 e. The van der Waals surface area contributed by atoms with E-state index in [0.717, 1.165) is 22.7 Å². The number of carbonyl (C=O) groups is 2. The molecule has 0 saturated heterocycles. The summed E-state index contributed by atoms with van der Waals surface area (Å²) < 4.78 is 5.66. The number of para-hydroxylation sites is 2. The van der Waals surface area contributed by atoms with E-state index in [9.17, 15) is 9.59 Å². The third kappa shape index (κ3) is 4.57. The largest absolute Gasteiger partial charge is 0.469 e. The summed E-state index contributed by atoms with van der Waals surface area (Å²) >= 11 is 12.3. The van der Waals surface area contributed by atoms with Crippen molar-refractivity contribution >= 4 is 52.1 Å². The Balaban J connectivity index is 1.51. The molecule has 0 spiro atoms. The molecule has 0 saturated carbocycles. The first-order valence-corrected chi connectivity index (χ1v) is 13.0. The number of ketones is 1. The molecule has 0 fully saturated rings. The van der Waals surface area contributed by atoms with E-state index in [2.05, 4.69) is 10.6 Å². The predicted molar refractivity (Wildman–Crippen MR) is 150 cm³/mol. The summed E-state index contributed by atoms with van der Waals surface area (Å²) in [6.07, 6.45) is 2.47. The molecule has 6 rings (SSSR count). The van der Waals surface area contributed by atoms with Crippen molar-refractivity contribution in [2.75, 3.05) is 15.5 Å². The van der Waals surface area contributed by atoms with Crippen LogP contribution >= 0.6 is 23.2 Å². The molecule has 38 heavy (non-hydrogen) atoms. The number of Topliss-reactive ketones (excluding diaryl/α,β-unsaturated/α-hetero) is 1. The number of furan rings is 1. The van der Waals surface area contributed by atoms with E-state index in [0.29, 0.717) is 33.4 Å². The lowest BCUT2D eigenvalue weighted by Gasteiger charge is -2.34. The summed E-state index contributed by atoms with van der Waals surface area (Å²) in [7, 11) is 0. The Kier molecular flexibility index (Phi) is 6.44. The van der Waals surface area contributed by atoms with Crippen LogP contribution < -0.4 is 15.5 Å². The van der Waals surface area contributed by atoms with E-state index in [1.807, 2.05) is 48.5 Å². The molecule has 8 heteroatoms. The van der Waals surface area contributed by atoms with Gasteiger partial charge < -0.3 is 15.1 Å². The molecule has 6 nitrogen and oxygen atoms in total. The number of amides is 2. The third-order valence-electron chi connectivity index (χ3n) is 6.93. The van der Waals surface area contributed by atoms with Crippen LogP contribution in [0, 0.1) is 0 Å². The molecule has 190 valence electrons. The van der Waals surface area contributed by atoms with Crippen LogP contribution in [-0.2, 0) is 4.79 Å². The van der Waals surface area contributed by atoms with Crippen LogP contribution in [0.3, 0.4) is 0 Å². The summed E-state index contributed by atoms with van der Waals surface area (Å²) in [5.41, 5.74) is 4.07. The van der Waals surface area contributed by atoms with Crippen LogP contribution in [0.5, 0.6) is 0 Å². The Morgan fingerprint density at radius 3 is 2.32 bits per heavy atom. The summed E-state index contributed by atoms with van der Waals surface area (Å²) in [4.78, 5) is 29.6. The number of allylic oxidation sites excluding steroid dienone is 1. The molecule has 0 bridgehead atoms. The van der Waals surface area contributed by atoms with E-state index in [1.165, 1.54) is 0 Å². The number of rotatable bonds is 3. The molecule has 2 unspecified atom stereocenters. The molecular formula is C30H23Cl2N3O3. The zero-order valence-corrected chi connectivity index (χ0v) is 21.7. The van der Waals surface area contributed by atoms with Crippen molar-refractivity contribution in [1.82, 2.24) is 0 Å². The predicted octanol–water partition coefficient (Wildman–Crippen LogP) is 8.19. The second-order valence-electron chi connectivity index (χ2n) is 9.34. The zero-order chi connectivity index (χ0) is 26.2. The number of urea groups is 1. The van der Waals surface area contributed by atoms with Gasteiger partial charge in [-0.3, -0.25) is 9.69 Å². The highest BCUT2D eigenvalue weighted by atomic mass is 35.5. The fourth-order valence-corrected chi connectivity index (χ4v) is 5.47. The molecule has 2 aliphatic rings. The number of halogens is 2. The zero-order valence-electron chi connectivity index (χ0n) is 20.2. The molecule has 1 aliphatic carbocycles. The highest BCUT2D eigenvalue weighted by Crippen LogP contribution is 2.47. The van der Waals surface area contributed by atoms with Crippen LogP contribution in [0.15, 0.2) is 107 Å². The summed E-state index contributed by atoms with van der Waals surface area (Å²) in [6.45, 7) is 0. The Bertz CT molecular complexity index is 1530. The van der Waals surface area contributed by atoms with Crippen molar-refractivity contribution < 1.29 is 14.0 Å². The first-order valence-electron chi connectivity index (χ1n) is 12.2. The van der Waals surface area contributed by atoms with Crippen molar-refractivity contribution in [3.05, 3.63) is 124 Å². The van der Waals surface area contributed by atoms with E-state index >= 15 is 0 Å². The maximum absolute atomic E-state index is 14.0. The summed E-state index contributed by atoms with van der Waals surface area (Å²) in [5.74, 6) is 0.623. The van der Waals surface area contributed by atoms with Gasteiger partial charge in [-0.2, -0.15) is 0 Å². The number of nitrogens with zero attached hydrogens (tertiary/aromatic N) is 1. The number of hydrogen-bond acceptors (Lipinski definition) is 4. The van der Waals surface area contributed by atoms with Crippen LogP contribution in [0.2, 0.25) is 10.0 Å². The van der Waals surface area contributed by atoms with E-state index in [-0.39, 0.29) is 24.2 Å². The van der Waals surface area contributed by atoms with Crippen molar-refractivity contribution in [3.8, 4) is 0 Å². The Labute approximate surface area is 229 Å². The van der Waals surface area contributed by atoms with Crippen molar-refractivity contribution in [3.63, 3.8) is 0 Å².